The van der Waals surface area contributed by atoms with Crippen molar-refractivity contribution in [2.24, 2.45) is 17.8 Å². The zero-order chi connectivity index (χ0) is 13.6. The molecule has 1 amide bonds. The van der Waals surface area contributed by atoms with E-state index in [-0.39, 0.29) is 17.2 Å². The van der Waals surface area contributed by atoms with Crippen LogP contribution in [-0.2, 0) is 10.2 Å². The van der Waals surface area contributed by atoms with Crippen molar-refractivity contribution < 1.29 is 4.79 Å². The molecule has 1 heterocycles. The molecular weight excluding hydrogens is 238 g/mol. The zero-order valence-electron chi connectivity index (χ0n) is 11.7. The molecule has 1 aromatic heterocycles. The monoisotopic (exact) mass is 259 g/mol. The number of fused-ring (bicyclic) bond motifs is 2. The molecule has 2 N–H and O–H groups in total. The first kappa shape index (κ1) is 12.5. The Hall–Kier alpha value is -1.58. The van der Waals surface area contributed by atoms with Crippen molar-refractivity contribution in [3.63, 3.8) is 0 Å². The highest BCUT2D eigenvalue weighted by atomic mass is 16.2. The van der Waals surface area contributed by atoms with Gasteiger partial charge in [0.2, 0.25) is 5.91 Å². The van der Waals surface area contributed by atoms with E-state index in [4.69, 9.17) is 0 Å². The molecule has 2 bridgehead atoms. The van der Waals surface area contributed by atoms with Crippen LogP contribution in [0.3, 0.4) is 0 Å². The normalized spacial score (nSPS) is 28.9. The highest BCUT2D eigenvalue weighted by Crippen LogP contribution is 2.43. The first-order valence-corrected chi connectivity index (χ1v) is 6.98. The third-order valence-corrected chi connectivity index (χ3v) is 4.25. The number of hydrogen-bond acceptors (Lipinski definition) is 2. The second kappa shape index (κ2) is 4.22. The molecule has 0 radical (unpaired) electrons. The molecule has 19 heavy (non-hydrogen) atoms. The molecule has 1 fully saturated rings. The van der Waals surface area contributed by atoms with E-state index in [9.17, 15) is 4.79 Å². The number of H-pyrrole nitrogens is 1. The Bertz CT molecular complexity index is 524. The summed E-state index contributed by atoms with van der Waals surface area (Å²) >= 11 is 0. The number of anilines is 1. The smallest absolute Gasteiger partial charge is 0.229 e. The van der Waals surface area contributed by atoms with Gasteiger partial charge < -0.3 is 5.32 Å². The largest absolute Gasteiger partial charge is 0.309 e. The fourth-order valence-electron chi connectivity index (χ4n) is 3.07. The maximum Gasteiger partial charge on any atom is 0.229 e. The van der Waals surface area contributed by atoms with Crippen LogP contribution in [0.5, 0.6) is 0 Å². The lowest BCUT2D eigenvalue weighted by molar-refractivity contribution is -0.120. The van der Waals surface area contributed by atoms with Crippen LogP contribution in [0.2, 0.25) is 0 Å². The summed E-state index contributed by atoms with van der Waals surface area (Å²) in [6.07, 6.45) is 6.58. The van der Waals surface area contributed by atoms with Crippen LogP contribution in [0.25, 0.3) is 0 Å². The first-order valence-electron chi connectivity index (χ1n) is 6.98. The Kier molecular flexibility index (Phi) is 2.77. The highest BCUT2D eigenvalue weighted by molar-refractivity contribution is 5.92. The van der Waals surface area contributed by atoms with E-state index >= 15 is 0 Å². The van der Waals surface area contributed by atoms with Crippen molar-refractivity contribution in [3.05, 3.63) is 23.9 Å². The molecule has 1 aromatic rings. The molecule has 2 aliphatic rings. The summed E-state index contributed by atoms with van der Waals surface area (Å²) in [5.74, 6) is 1.94. The van der Waals surface area contributed by atoms with Crippen LogP contribution in [-0.4, -0.2) is 16.1 Å². The molecule has 2 aliphatic carbocycles. The first-order chi connectivity index (χ1) is 8.93. The molecule has 3 rings (SSSR count). The summed E-state index contributed by atoms with van der Waals surface area (Å²) in [6, 6.07) is 1.93. The van der Waals surface area contributed by atoms with Gasteiger partial charge in [-0.1, -0.05) is 32.9 Å². The van der Waals surface area contributed by atoms with E-state index in [2.05, 4.69) is 48.4 Å². The lowest BCUT2D eigenvalue weighted by Crippen LogP contribution is -2.26. The molecular formula is C15H21N3O. The van der Waals surface area contributed by atoms with E-state index < -0.39 is 0 Å². The molecule has 0 aliphatic heterocycles. The lowest BCUT2D eigenvalue weighted by atomic mass is 9.92. The Morgan fingerprint density at radius 1 is 1.37 bits per heavy atom. The minimum Gasteiger partial charge on any atom is -0.309 e. The minimum absolute atomic E-state index is 0.0190. The van der Waals surface area contributed by atoms with Crippen molar-refractivity contribution in [1.82, 2.24) is 10.2 Å². The third kappa shape index (κ3) is 2.31. The summed E-state index contributed by atoms with van der Waals surface area (Å²) in [5.41, 5.74) is 1.06. The number of aromatic nitrogens is 2. The van der Waals surface area contributed by atoms with Crippen LogP contribution < -0.4 is 5.32 Å². The standard InChI is InChI=1S/C15H21N3O/c1-15(2,3)12-8-13(18-17-12)16-14(19)11-7-9-4-5-10(11)6-9/h4-5,8-11H,6-7H2,1-3H3,(H2,16,17,18,19). The number of carbonyl (C=O) groups excluding carboxylic acids is 1. The van der Waals surface area contributed by atoms with Crippen molar-refractivity contribution in [1.29, 1.82) is 0 Å². The van der Waals surface area contributed by atoms with Crippen molar-refractivity contribution >= 4 is 11.7 Å². The van der Waals surface area contributed by atoms with Gasteiger partial charge in [0.05, 0.1) is 0 Å². The highest BCUT2D eigenvalue weighted by Gasteiger charge is 2.39. The van der Waals surface area contributed by atoms with Gasteiger partial charge in [0.25, 0.3) is 0 Å². The molecule has 0 spiro atoms. The average Bonchev–Trinajstić information content (AvgIpc) is 3.02. The van der Waals surface area contributed by atoms with Crippen LogP contribution in [0.15, 0.2) is 18.2 Å². The Morgan fingerprint density at radius 3 is 2.68 bits per heavy atom. The second-order valence-electron chi connectivity index (χ2n) is 6.79. The number of nitrogens with zero attached hydrogens (tertiary/aromatic N) is 1. The summed E-state index contributed by atoms with van der Waals surface area (Å²) in [4.78, 5) is 12.3. The zero-order valence-corrected chi connectivity index (χ0v) is 11.7. The van der Waals surface area contributed by atoms with Crippen molar-refractivity contribution in [2.45, 2.75) is 39.0 Å². The van der Waals surface area contributed by atoms with Gasteiger partial charge in [-0.25, -0.2) is 0 Å². The van der Waals surface area contributed by atoms with Gasteiger partial charge in [-0.05, 0) is 24.7 Å². The quantitative estimate of drug-likeness (QED) is 0.802. The number of rotatable bonds is 2. The molecule has 1 saturated carbocycles. The maximum absolute atomic E-state index is 12.3. The van der Waals surface area contributed by atoms with Gasteiger partial charge in [-0.2, -0.15) is 5.10 Å². The average molecular weight is 259 g/mol. The summed E-state index contributed by atoms with van der Waals surface area (Å²) in [7, 11) is 0. The molecule has 0 aromatic carbocycles. The topological polar surface area (TPSA) is 57.8 Å². The lowest BCUT2D eigenvalue weighted by Gasteiger charge is -2.16. The SMILES string of the molecule is CC(C)(C)c1cc(NC(=O)C2CC3C=CC2C3)n[nH]1. The summed E-state index contributed by atoms with van der Waals surface area (Å²) in [6.45, 7) is 6.35. The molecule has 3 atom stereocenters. The van der Waals surface area contributed by atoms with E-state index in [0.717, 1.165) is 18.5 Å². The Morgan fingerprint density at radius 2 is 2.16 bits per heavy atom. The Labute approximate surface area is 113 Å². The minimum atomic E-state index is 0.0190. The summed E-state index contributed by atoms with van der Waals surface area (Å²) in [5, 5.41) is 10.1. The van der Waals surface area contributed by atoms with Gasteiger partial charge >= 0.3 is 0 Å². The van der Waals surface area contributed by atoms with E-state index in [1.807, 2.05) is 6.07 Å². The van der Waals surface area contributed by atoms with Crippen LogP contribution in [0.4, 0.5) is 5.82 Å². The van der Waals surface area contributed by atoms with Gasteiger partial charge in [-0.15, -0.1) is 0 Å². The van der Waals surface area contributed by atoms with E-state index in [1.54, 1.807) is 0 Å². The number of aromatic amines is 1. The van der Waals surface area contributed by atoms with Crippen molar-refractivity contribution in [3.8, 4) is 0 Å². The van der Waals surface area contributed by atoms with E-state index in [0.29, 0.717) is 17.7 Å². The molecule has 4 nitrogen and oxygen atoms in total. The van der Waals surface area contributed by atoms with Crippen molar-refractivity contribution in [2.75, 3.05) is 5.32 Å². The van der Waals surface area contributed by atoms with E-state index in [1.165, 1.54) is 0 Å². The van der Waals surface area contributed by atoms with Crippen LogP contribution >= 0.6 is 0 Å². The fourth-order valence-corrected chi connectivity index (χ4v) is 3.07. The maximum atomic E-state index is 12.3. The number of hydrogen-bond donors (Lipinski definition) is 2. The van der Waals surface area contributed by atoms with Crippen LogP contribution in [0, 0.1) is 17.8 Å². The number of carbonyl (C=O) groups is 1. The fraction of sp³-hybridized carbons (Fsp3) is 0.600. The number of nitrogens with one attached hydrogen (secondary N) is 2. The predicted molar refractivity (Wildman–Crippen MR) is 74.8 cm³/mol. The van der Waals surface area contributed by atoms with Crippen LogP contribution in [0.1, 0.15) is 39.3 Å². The second-order valence-corrected chi connectivity index (χ2v) is 6.79. The molecule has 0 saturated heterocycles. The van der Waals surface area contributed by atoms with Gasteiger partial charge in [-0.3, -0.25) is 9.89 Å². The number of allylic oxidation sites excluding steroid dienone is 2. The molecule has 4 heteroatoms. The number of amides is 1. The van der Waals surface area contributed by atoms with Gasteiger partial charge in [0.1, 0.15) is 0 Å². The van der Waals surface area contributed by atoms with Gasteiger partial charge in [0.15, 0.2) is 5.82 Å². The predicted octanol–water partition coefficient (Wildman–Crippen LogP) is 2.86. The molecule has 102 valence electrons. The summed E-state index contributed by atoms with van der Waals surface area (Å²) < 4.78 is 0. The Balaban J connectivity index is 1.67. The molecule has 3 unspecified atom stereocenters. The third-order valence-electron chi connectivity index (χ3n) is 4.25. The van der Waals surface area contributed by atoms with Gasteiger partial charge in [0, 0.05) is 23.1 Å².